The molecule has 2 saturated heterocycles. The van der Waals surface area contributed by atoms with Gasteiger partial charge in [-0.3, -0.25) is 4.79 Å². The number of rotatable bonds is 3. The Bertz CT molecular complexity index is 638. The molecule has 2 aliphatic rings. The number of hydrogen-bond acceptors (Lipinski definition) is 7. The molecule has 0 aromatic carbocycles. The molecule has 1 spiro atoms. The van der Waals surface area contributed by atoms with Crippen molar-refractivity contribution in [3.8, 4) is 0 Å². The molecule has 22 heavy (non-hydrogen) atoms. The zero-order valence-electron chi connectivity index (χ0n) is 12.2. The number of ether oxygens (including phenoxy) is 1. The van der Waals surface area contributed by atoms with Gasteiger partial charge in [0.15, 0.2) is 5.69 Å². The molecule has 1 unspecified atom stereocenters. The minimum absolute atomic E-state index is 0.104. The summed E-state index contributed by atoms with van der Waals surface area (Å²) in [5, 5.41) is 5.45. The van der Waals surface area contributed by atoms with E-state index >= 15 is 0 Å². The Kier molecular flexibility index (Phi) is 4.19. The van der Waals surface area contributed by atoms with Gasteiger partial charge in [-0.1, -0.05) is 4.49 Å². The van der Waals surface area contributed by atoms with E-state index in [0.717, 1.165) is 17.8 Å². The summed E-state index contributed by atoms with van der Waals surface area (Å²) in [6, 6.07) is -0.181. The van der Waals surface area contributed by atoms with Gasteiger partial charge in [0.05, 0.1) is 18.5 Å². The normalized spacial score (nSPS) is 24.8. The lowest BCUT2D eigenvalue weighted by Gasteiger charge is -2.38. The highest BCUT2D eigenvalue weighted by atomic mass is 32.2. The number of hydrogen-bond donors (Lipinski definition) is 1. The first-order chi connectivity index (χ1) is 10.4. The van der Waals surface area contributed by atoms with Gasteiger partial charge in [0.2, 0.25) is 10.0 Å². The molecule has 1 atom stereocenters. The molecule has 3 rings (SSSR count). The number of piperidine rings is 1. The van der Waals surface area contributed by atoms with E-state index in [2.05, 4.69) is 14.3 Å². The maximum Gasteiger partial charge on any atom is 0.275 e. The second-order valence-electron chi connectivity index (χ2n) is 5.87. The van der Waals surface area contributed by atoms with Gasteiger partial charge in [0.1, 0.15) is 0 Å². The lowest BCUT2D eigenvalue weighted by molar-refractivity contribution is -0.0389. The Hall–Kier alpha value is -1.10. The fourth-order valence-corrected chi connectivity index (χ4v) is 4.30. The zero-order chi connectivity index (χ0) is 15.8. The Morgan fingerprint density at radius 2 is 2.23 bits per heavy atom. The van der Waals surface area contributed by atoms with Crippen molar-refractivity contribution in [2.45, 2.75) is 30.9 Å². The maximum absolute atomic E-state index is 12.2. The molecular weight excluding hydrogens is 328 g/mol. The second kappa shape index (κ2) is 5.84. The van der Waals surface area contributed by atoms with E-state index in [1.807, 2.05) is 0 Å². The van der Waals surface area contributed by atoms with Crippen molar-refractivity contribution in [2.24, 2.45) is 0 Å². The molecule has 10 heteroatoms. The van der Waals surface area contributed by atoms with Crippen molar-refractivity contribution in [1.29, 1.82) is 0 Å². The highest BCUT2D eigenvalue weighted by Gasteiger charge is 2.44. The van der Waals surface area contributed by atoms with Gasteiger partial charge in [0.25, 0.3) is 5.91 Å². The quantitative estimate of drug-likeness (QED) is 0.817. The fraction of sp³-hybridized carbons (Fsp3) is 0.750. The summed E-state index contributed by atoms with van der Waals surface area (Å²) in [6.07, 6.45) is 3.22. The molecule has 1 aromatic rings. The summed E-state index contributed by atoms with van der Waals surface area (Å²) < 4.78 is 34.8. The number of aromatic nitrogens is 2. The lowest BCUT2D eigenvalue weighted by atomic mass is 9.87. The van der Waals surface area contributed by atoms with Crippen molar-refractivity contribution in [3.63, 3.8) is 0 Å². The van der Waals surface area contributed by atoms with Crippen LogP contribution in [0.2, 0.25) is 0 Å². The van der Waals surface area contributed by atoms with Gasteiger partial charge >= 0.3 is 0 Å². The van der Waals surface area contributed by atoms with Gasteiger partial charge in [0, 0.05) is 24.5 Å². The van der Waals surface area contributed by atoms with E-state index in [9.17, 15) is 13.2 Å². The van der Waals surface area contributed by atoms with Gasteiger partial charge in [-0.15, -0.1) is 5.10 Å². The molecule has 8 nitrogen and oxygen atoms in total. The molecule has 0 aliphatic carbocycles. The van der Waals surface area contributed by atoms with E-state index in [1.165, 1.54) is 0 Å². The minimum atomic E-state index is -3.23. The van der Waals surface area contributed by atoms with E-state index in [4.69, 9.17) is 4.74 Å². The highest BCUT2D eigenvalue weighted by Crippen LogP contribution is 2.36. The molecule has 122 valence electrons. The van der Waals surface area contributed by atoms with Crippen LogP contribution in [0.4, 0.5) is 0 Å². The average molecular weight is 346 g/mol. The van der Waals surface area contributed by atoms with E-state index in [0.29, 0.717) is 44.7 Å². The number of sulfonamides is 1. The van der Waals surface area contributed by atoms with Crippen molar-refractivity contribution in [1.82, 2.24) is 19.2 Å². The monoisotopic (exact) mass is 346 g/mol. The van der Waals surface area contributed by atoms with E-state index in [-0.39, 0.29) is 17.6 Å². The van der Waals surface area contributed by atoms with E-state index < -0.39 is 10.0 Å². The average Bonchev–Trinajstić information content (AvgIpc) is 3.08. The SMILES string of the molecule is CS(=O)(=O)NC1COC2(CCN(C(=O)c3csnn3)CC2)C1. The van der Waals surface area contributed by atoms with E-state index in [1.54, 1.807) is 10.3 Å². The highest BCUT2D eigenvalue weighted by molar-refractivity contribution is 7.88. The van der Waals surface area contributed by atoms with Crippen LogP contribution in [0.5, 0.6) is 0 Å². The molecule has 1 aromatic heterocycles. The number of amides is 1. The second-order valence-corrected chi connectivity index (χ2v) is 8.26. The molecule has 1 amide bonds. The van der Waals surface area contributed by atoms with Crippen molar-refractivity contribution in [3.05, 3.63) is 11.1 Å². The number of nitrogens with zero attached hydrogens (tertiary/aromatic N) is 3. The molecule has 0 radical (unpaired) electrons. The Balaban J connectivity index is 1.57. The number of likely N-dealkylation sites (tertiary alicyclic amines) is 1. The standard InChI is InChI=1S/C12H18N4O4S2/c1-22(18,19)14-9-6-12(20-7-9)2-4-16(5-3-12)11(17)10-8-21-15-13-10/h8-9,14H,2-7H2,1H3. The van der Waals surface area contributed by atoms with Crippen LogP contribution in [0.15, 0.2) is 5.38 Å². The fourth-order valence-electron chi connectivity index (χ4n) is 3.11. The third-order valence-electron chi connectivity index (χ3n) is 4.13. The first-order valence-electron chi connectivity index (χ1n) is 7.05. The Morgan fingerprint density at radius 3 is 2.82 bits per heavy atom. The summed E-state index contributed by atoms with van der Waals surface area (Å²) in [5.74, 6) is -0.104. The molecule has 0 saturated carbocycles. The van der Waals surface area contributed by atoms with Crippen molar-refractivity contribution < 1.29 is 17.9 Å². The summed E-state index contributed by atoms with van der Waals surface area (Å²) in [4.78, 5) is 14.0. The number of carbonyl (C=O) groups is 1. The lowest BCUT2D eigenvalue weighted by Crippen LogP contribution is -2.47. The molecule has 2 fully saturated rings. The largest absolute Gasteiger partial charge is 0.373 e. The van der Waals surface area contributed by atoms with Crippen LogP contribution in [0.1, 0.15) is 29.8 Å². The topological polar surface area (TPSA) is 101 Å². The predicted octanol–water partition coefficient (Wildman–Crippen LogP) is -0.149. The molecule has 2 aliphatic heterocycles. The minimum Gasteiger partial charge on any atom is -0.373 e. The predicted molar refractivity (Wildman–Crippen MR) is 80.1 cm³/mol. The maximum atomic E-state index is 12.2. The van der Waals surface area contributed by atoms with Gasteiger partial charge in [-0.2, -0.15) is 0 Å². The third-order valence-corrected chi connectivity index (χ3v) is 5.40. The smallest absolute Gasteiger partial charge is 0.275 e. The van der Waals surface area contributed by atoms with Crippen LogP contribution >= 0.6 is 11.5 Å². The van der Waals surface area contributed by atoms with Crippen LogP contribution in [0, 0.1) is 0 Å². The van der Waals surface area contributed by atoms with Crippen molar-refractivity contribution >= 4 is 27.5 Å². The summed E-state index contributed by atoms with van der Waals surface area (Å²) in [5.41, 5.74) is 0.0596. The zero-order valence-corrected chi connectivity index (χ0v) is 13.8. The van der Waals surface area contributed by atoms with Gasteiger partial charge in [-0.25, -0.2) is 13.1 Å². The molecular formula is C12H18N4O4S2. The molecule has 0 bridgehead atoms. The summed E-state index contributed by atoms with van der Waals surface area (Å²) >= 11 is 1.16. The van der Waals surface area contributed by atoms with Gasteiger partial charge in [-0.05, 0) is 30.8 Å². The number of nitrogens with one attached hydrogen (secondary N) is 1. The van der Waals surface area contributed by atoms with Crippen LogP contribution in [-0.2, 0) is 14.8 Å². The Morgan fingerprint density at radius 1 is 1.50 bits per heavy atom. The first kappa shape index (κ1) is 15.8. The van der Waals surface area contributed by atoms with Crippen LogP contribution in [-0.4, -0.2) is 66.4 Å². The van der Waals surface area contributed by atoms with Crippen LogP contribution in [0.25, 0.3) is 0 Å². The van der Waals surface area contributed by atoms with Crippen LogP contribution in [0.3, 0.4) is 0 Å². The third kappa shape index (κ3) is 3.45. The summed E-state index contributed by atoms with van der Waals surface area (Å²) in [6.45, 7) is 1.56. The Labute approximate surface area is 133 Å². The van der Waals surface area contributed by atoms with Crippen molar-refractivity contribution in [2.75, 3.05) is 26.0 Å². The molecule has 1 N–H and O–H groups in total. The van der Waals surface area contributed by atoms with Gasteiger partial charge < -0.3 is 9.64 Å². The summed E-state index contributed by atoms with van der Waals surface area (Å²) in [7, 11) is -3.23. The van der Waals surface area contributed by atoms with Crippen LogP contribution < -0.4 is 4.72 Å². The number of carbonyl (C=O) groups excluding carboxylic acids is 1. The first-order valence-corrected chi connectivity index (χ1v) is 9.77. The molecule has 3 heterocycles.